The largest absolute Gasteiger partial charge is 0.365 e. The number of amides is 1. The molecule has 1 aromatic heterocycles. The van der Waals surface area contributed by atoms with E-state index in [1.807, 2.05) is 0 Å². The smallest absolute Gasteiger partial charge is 0.246 e. The summed E-state index contributed by atoms with van der Waals surface area (Å²) >= 11 is 0. The Kier molecular flexibility index (Phi) is 4.73. The average Bonchev–Trinajstić information content (AvgIpc) is 2.48. The topological polar surface area (TPSA) is 70.6 Å². The van der Waals surface area contributed by atoms with Gasteiger partial charge in [0, 0.05) is 37.6 Å². The van der Waals surface area contributed by atoms with Crippen LogP contribution in [-0.4, -0.2) is 73.0 Å². The van der Waals surface area contributed by atoms with Gasteiger partial charge in [-0.1, -0.05) is 20.8 Å². The predicted octanol–water partition coefficient (Wildman–Crippen LogP) is 0.410. The molecular formula is C17H27N5O2. The minimum atomic E-state index is -0.0269. The van der Waals surface area contributed by atoms with Gasteiger partial charge < -0.3 is 15.0 Å². The number of aromatic nitrogens is 2. The van der Waals surface area contributed by atoms with Crippen LogP contribution < -0.4 is 10.2 Å². The van der Waals surface area contributed by atoms with Crippen LogP contribution in [0.25, 0.3) is 0 Å². The number of rotatable bonds is 4. The Bertz CT molecular complexity index is 568. The first-order valence-electron chi connectivity index (χ1n) is 8.50. The van der Waals surface area contributed by atoms with E-state index in [4.69, 9.17) is 4.74 Å². The second-order valence-corrected chi connectivity index (χ2v) is 7.76. The molecule has 3 heterocycles. The van der Waals surface area contributed by atoms with E-state index < -0.39 is 0 Å². The first kappa shape index (κ1) is 17.1. The molecule has 0 radical (unpaired) electrons. The molecular weight excluding hydrogens is 306 g/mol. The van der Waals surface area contributed by atoms with Crippen LogP contribution in [0.1, 0.15) is 26.5 Å². The monoisotopic (exact) mass is 333 g/mol. The van der Waals surface area contributed by atoms with Gasteiger partial charge in [0.15, 0.2) is 5.82 Å². The Balaban J connectivity index is 1.47. The van der Waals surface area contributed by atoms with Gasteiger partial charge in [-0.15, -0.1) is 5.10 Å². The molecule has 1 amide bonds. The number of morpholine rings is 1. The molecule has 0 spiro atoms. The van der Waals surface area contributed by atoms with E-state index in [1.165, 1.54) is 0 Å². The zero-order valence-electron chi connectivity index (χ0n) is 15.0. The molecule has 7 heteroatoms. The number of hydrogen-bond acceptors (Lipinski definition) is 6. The van der Waals surface area contributed by atoms with Crippen LogP contribution in [0.5, 0.6) is 0 Å². The molecule has 1 unspecified atom stereocenters. The van der Waals surface area contributed by atoms with Gasteiger partial charge in [0.05, 0.1) is 11.8 Å². The standard InChI is InChI=1S/C17H27N5O2/c1-17(2,3)14-5-6-15(20-19-14)22-8-12(9-22)21(4)10-13-7-18-16(23)11-24-13/h5-6,12-13H,7-11H2,1-4H3,(H,18,23). The summed E-state index contributed by atoms with van der Waals surface area (Å²) in [5.74, 6) is 0.912. The maximum Gasteiger partial charge on any atom is 0.246 e. The van der Waals surface area contributed by atoms with Crippen LogP contribution in [0.4, 0.5) is 5.82 Å². The van der Waals surface area contributed by atoms with Crippen molar-refractivity contribution >= 4 is 11.7 Å². The van der Waals surface area contributed by atoms with E-state index in [0.717, 1.165) is 31.1 Å². The first-order valence-corrected chi connectivity index (χ1v) is 8.50. The minimum absolute atomic E-state index is 0.0264. The summed E-state index contributed by atoms with van der Waals surface area (Å²) in [7, 11) is 2.11. The zero-order chi connectivity index (χ0) is 17.3. The fourth-order valence-electron chi connectivity index (χ4n) is 2.93. The molecule has 2 aliphatic rings. The van der Waals surface area contributed by atoms with Crippen LogP contribution in [0, 0.1) is 0 Å². The molecule has 2 fully saturated rings. The van der Waals surface area contributed by atoms with Crippen LogP contribution >= 0.6 is 0 Å². The Morgan fingerprint density at radius 2 is 2.08 bits per heavy atom. The fourth-order valence-corrected chi connectivity index (χ4v) is 2.93. The second-order valence-electron chi connectivity index (χ2n) is 7.76. The normalized spacial score (nSPS) is 22.5. The van der Waals surface area contributed by atoms with Crippen molar-refractivity contribution in [2.24, 2.45) is 0 Å². The van der Waals surface area contributed by atoms with Crippen molar-refractivity contribution in [2.45, 2.75) is 38.3 Å². The van der Waals surface area contributed by atoms with E-state index in [2.05, 4.69) is 65.3 Å². The van der Waals surface area contributed by atoms with Gasteiger partial charge in [0.1, 0.15) is 6.61 Å². The lowest BCUT2D eigenvalue weighted by molar-refractivity contribution is -0.134. The molecule has 7 nitrogen and oxygen atoms in total. The molecule has 0 aromatic carbocycles. The van der Waals surface area contributed by atoms with Crippen LogP contribution in [0.15, 0.2) is 12.1 Å². The number of anilines is 1. The minimum Gasteiger partial charge on any atom is -0.365 e. The first-order chi connectivity index (χ1) is 11.3. The number of nitrogens with zero attached hydrogens (tertiary/aromatic N) is 4. The lowest BCUT2D eigenvalue weighted by Gasteiger charge is -2.45. The van der Waals surface area contributed by atoms with Gasteiger partial charge in [0.25, 0.3) is 0 Å². The maximum absolute atomic E-state index is 11.1. The van der Waals surface area contributed by atoms with E-state index in [-0.39, 0.29) is 24.0 Å². The molecule has 0 aliphatic carbocycles. The number of hydrogen-bond donors (Lipinski definition) is 1. The van der Waals surface area contributed by atoms with Gasteiger partial charge in [-0.05, 0) is 19.2 Å². The third kappa shape index (κ3) is 3.84. The summed E-state index contributed by atoms with van der Waals surface area (Å²) in [6.45, 7) is 9.90. The van der Waals surface area contributed by atoms with E-state index in [0.29, 0.717) is 12.6 Å². The van der Waals surface area contributed by atoms with Crippen molar-refractivity contribution in [1.82, 2.24) is 20.4 Å². The second kappa shape index (κ2) is 6.64. The Labute approximate surface area is 143 Å². The summed E-state index contributed by atoms with van der Waals surface area (Å²) < 4.78 is 5.55. The highest BCUT2D eigenvalue weighted by Crippen LogP contribution is 2.24. The number of likely N-dealkylation sites (N-methyl/N-ethyl adjacent to an activating group) is 1. The van der Waals surface area contributed by atoms with Crippen molar-refractivity contribution in [3.8, 4) is 0 Å². The highest BCUT2D eigenvalue weighted by atomic mass is 16.5. The van der Waals surface area contributed by atoms with Crippen molar-refractivity contribution < 1.29 is 9.53 Å². The molecule has 2 aliphatic heterocycles. The Hall–Kier alpha value is -1.73. The third-order valence-electron chi connectivity index (χ3n) is 4.70. The summed E-state index contributed by atoms with van der Waals surface area (Å²) in [6, 6.07) is 4.61. The molecule has 0 bridgehead atoms. The molecule has 1 aromatic rings. The predicted molar refractivity (Wildman–Crippen MR) is 92.1 cm³/mol. The summed E-state index contributed by atoms with van der Waals surface area (Å²) in [4.78, 5) is 15.7. The molecule has 132 valence electrons. The number of carbonyl (C=O) groups excluding carboxylic acids is 1. The summed E-state index contributed by atoms with van der Waals surface area (Å²) in [5, 5.41) is 11.6. The van der Waals surface area contributed by atoms with Crippen molar-refractivity contribution in [3.63, 3.8) is 0 Å². The van der Waals surface area contributed by atoms with Crippen molar-refractivity contribution in [3.05, 3.63) is 17.8 Å². The lowest BCUT2D eigenvalue weighted by atomic mass is 9.92. The fraction of sp³-hybridized carbons (Fsp3) is 0.706. The van der Waals surface area contributed by atoms with Gasteiger partial charge >= 0.3 is 0 Å². The lowest BCUT2D eigenvalue weighted by Crippen LogP contribution is -2.61. The van der Waals surface area contributed by atoms with Crippen molar-refractivity contribution in [1.29, 1.82) is 0 Å². The van der Waals surface area contributed by atoms with Crippen LogP contribution in [-0.2, 0) is 14.9 Å². The Morgan fingerprint density at radius 1 is 1.33 bits per heavy atom. The van der Waals surface area contributed by atoms with Crippen LogP contribution in [0.2, 0.25) is 0 Å². The third-order valence-corrected chi connectivity index (χ3v) is 4.70. The number of carbonyl (C=O) groups is 1. The molecule has 0 saturated carbocycles. The zero-order valence-corrected chi connectivity index (χ0v) is 15.0. The van der Waals surface area contributed by atoms with Crippen LogP contribution in [0.3, 0.4) is 0 Å². The SMILES string of the molecule is CN(CC1CNC(=O)CO1)C1CN(c2ccc(C(C)(C)C)nn2)C1. The average molecular weight is 333 g/mol. The quantitative estimate of drug-likeness (QED) is 0.861. The number of nitrogens with one attached hydrogen (secondary N) is 1. The molecule has 3 rings (SSSR count). The van der Waals surface area contributed by atoms with Gasteiger partial charge in [-0.3, -0.25) is 9.69 Å². The maximum atomic E-state index is 11.1. The van der Waals surface area contributed by atoms with Gasteiger partial charge in [0.2, 0.25) is 5.91 Å². The number of ether oxygens (including phenoxy) is 1. The summed E-state index contributed by atoms with van der Waals surface area (Å²) in [5.41, 5.74) is 1.04. The Morgan fingerprint density at radius 3 is 2.62 bits per heavy atom. The van der Waals surface area contributed by atoms with E-state index in [1.54, 1.807) is 0 Å². The molecule has 1 atom stereocenters. The van der Waals surface area contributed by atoms with E-state index >= 15 is 0 Å². The van der Waals surface area contributed by atoms with Gasteiger partial charge in [-0.2, -0.15) is 5.10 Å². The highest BCUT2D eigenvalue weighted by Gasteiger charge is 2.33. The molecule has 24 heavy (non-hydrogen) atoms. The van der Waals surface area contributed by atoms with Gasteiger partial charge in [-0.25, -0.2) is 0 Å². The van der Waals surface area contributed by atoms with Crippen molar-refractivity contribution in [2.75, 3.05) is 44.7 Å². The molecule has 2 saturated heterocycles. The highest BCUT2D eigenvalue weighted by molar-refractivity contribution is 5.77. The molecule has 1 N–H and O–H groups in total. The van der Waals surface area contributed by atoms with E-state index in [9.17, 15) is 4.79 Å². The summed E-state index contributed by atoms with van der Waals surface area (Å²) in [6.07, 6.45) is 0.0765.